The summed E-state index contributed by atoms with van der Waals surface area (Å²) in [7, 11) is -3.71. The van der Waals surface area contributed by atoms with E-state index in [-0.39, 0.29) is 23.4 Å². The van der Waals surface area contributed by atoms with Crippen LogP contribution in [0.1, 0.15) is 41.6 Å². The zero-order chi connectivity index (χ0) is 21.4. The quantitative estimate of drug-likeness (QED) is 0.575. The summed E-state index contributed by atoms with van der Waals surface area (Å²) in [5.74, 6) is -0.0832. The molecular formula is C21H22N6O3S. The summed E-state index contributed by atoms with van der Waals surface area (Å²) in [4.78, 5) is 12.4. The number of aromatic nitrogens is 4. The Morgan fingerprint density at radius 1 is 1.10 bits per heavy atom. The molecule has 5 rings (SSSR count). The van der Waals surface area contributed by atoms with Crippen LogP contribution in [-0.2, 0) is 16.6 Å². The summed E-state index contributed by atoms with van der Waals surface area (Å²) >= 11 is 0. The number of hydrogen-bond acceptors (Lipinski definition) is 6. The lowest BCUT2D eigenvalue weighted by atomic mass is 10.1. The Bertz CT molecular complexity index is 1190. The van der Waals surface area contributed by atoms with Gasteiger partial charge in [-0.05, 0) is 72.0 Å². The second-order valence-corrected chi connectivity index (χ2v) is 9.87. The van der Waals surface area contributed by atoms with Gasteiger partial charge in [0, 0.05) is 24.2 Å². The van der Waals surface area contributed by atoms with Crippen molar-refractivity contribution in [3.63, 3.8) is 0 Å². The van der Waals surface area contributed by atoms with E-state index in [0.29, 0.717) is 17.3 Å². The Kier molecular flexibility index (Phi) is 5.03. The number of tetrazole rings is 1. The SMILES string of the molecule is O=C(NC1CC1)c1ccc(CN(C2CC2)S(=O)(=O)c2cccc(-n3cnnn3)c2)cc1. The summed E-state index contributed by atoms with van der Waals surface area (Å²) in [6.45, 7) is 0.257. The number of hydrogen-bond donors (Lipinski definition) is 1. The molecule has 2 saturated carbocycles. The van der Waals surface area contributed by atoms with Crippen molar-refractivity contribution in [1.82, 2.24) is 29.8 Å². The summed E-state index contributed by atoms with van der Waals surface area (Å²) < 4.78 is 29.9. The van der Waals surface area contributed by atoms with Crippen LogP contribution in [0.15, 0.2) is 59.8 Å². The lowest BCUT2D eigenvalue weighted by Gasteiger charge is -2.22. The Morgan fingerprint density at radius 2 is 1.87 bits per heavy atom. The highest BCUT2D eigenvalue weighted by atomic mass is 32.2. The van der Waals surface area contributed by atoms with E-state index in [0.717, 1.165) is 31.2 Å². The van der Waals surface area contributed by atoms with Crippen LogP contribution < -0.4 is 5.32 Å². The second kappa shape index (κ2) is 7.86. The Morgan fingerprint density at radius 3 is 2.52 bits per heavy atom. The first-order chi connectivity index (χ1) is 15.0. The number of rotatable bonds is 8. The standard InChI is InChI=1S/C21H22N6O3S/c28-21(23-17-8-9-17)16-6-4-15(5-7-16)13-27(18-10-11-18)31(29,30)20-3-1-2-19(12-20)26-14-22-24-25-26/h1-7,12,14,17-18H,8-11,13H2,(H,23,28). The van der Waals surface area contributed by atoms with E-state index >= 15 is 0 Å². The number of nitrogens with one attached hydrogen (secondary N) is 1. The van der Waals surface area contributed by atoms with Gasteiger partial charge in [-0.2, -0.15) is 4.31 Å². The molecule has 9 nitrogen and oxygen atoms in total. The van der Waals surface area contributed by atoms with Crippen molar-refractivity contribution in [3.05, 3.63) is 66.0 Å². The van der Waals surface area contributed by atoms with Gasteiger partial charge in [-0.15, -0.1) is 5.10 Å². The molecule has 2 aliphatic rings. The average molecular weight is 439 g/mol. The molecule has 2 aromatic carbocycles. The number of amides is 1. The molecule has 31 heavy (non-hydrogen) atoms. The molecule has 1 aromatic heterocycles. The molecule has 3 aromatic rings. The van der Waals surface area contributed by atoms with Crippen LogP contribution >= 0.6 is 0 Å². The van der Waals surface area contributed by atoms with Gasteiger partial charge >= 0.3 is 0 Å². The van der Waals surface area contributed by atoms with Gasteiger partial charge in [-0.3, -0.25) is 4.79 Å². The maximum atomic E-state index is 13.4. The smallest absolute Gasteiger partial charge is 0.251 e. The van der Waals surface area contributed by atoms with Crippen LogP contribution in [0.3, 0.4) is 0 Å². The molecule has 0 unspecified atom stereocenters. The van der Waals surface area contributed by atoms with Crippen LogP contribution in [0, 0.1) is 0 Å². The molecule has 0 atom stereocenters. The fraction of sp³-hybridized carbons (Fsp3) is 0.333. The van der Waals surface area contributed by atoms with E-state index in [1.165, 1.54) is 11.0 Å². The van der Waals surface area contributed by atoms with Gasteiger partial charge in [0.25, 0.3) is 5.91 Å². The Hall–Kier alpha value is -3.11. The summed E-state index contributed by atoms with van der Waals surface area (Å²) in [6.07, 6.45) is 5.17. The normalized spacial score (nSPS) is 16.4. The fourth-order valence-corrected chi connectivity index (χ4v) is 5.13. The molecule has 0 radical (unpaired) electrons. The molecule has 1 N–H and O–H groups in total. The largest absolute Gasteiger partial charge is 0.349 e. The predicted octanol–water partition coefficient (Wildman–Crippen LogP) is 1.91. The first kappa shape index (κ1) is 19.8. The van der Waals surface area contributed by atoms with Gasteiger partial charge in [0.15, 0.2) is 0 Å². The number of carbonyl (C=O) groups is 1. The number of sulfonamides is 1. The lowest BCUT2D eigenvalue weighted by molar-refractivity contribution is 0.0951. The van der Waals surface area contributed by atoms with E-state index in [1.54, 1.807) is 40.7 Å². The predicted molar refractivity (Wildman–Crippen MR) is 112 cm³/mol. The van der Waals surface area contributed by atoms with Gasteiger partial charge in [0.2, 0.25) is 10.0 Å². The van der Waals surface area contributed by atoms with E-state index in [9.17, 15) is 13.2 Å². The number of carbonyl (C=O) groups excluding carboxylic acids is 1. The minimum Gasteiger partial charge on any atom is -0.349 e. The van der Waals surface area contributed by atoms with Crippen LogP contribution in [0.2, 0.25) is 0 Å². The van der Waals surface area contributed by atoms with Crippen molar-refractivity contribution in [2.75, 3.05) is 0 Å². The van der Waals surface area contributed by atoms with Crippen LogP contribution in [0.25, 0.3) is 5.69 Å². The molecule has 1 heterocycles. The summed E-state index contributed by atoms with van der Waals surface area (Å²) in [6, 6.07) is 14.0. The highest BCUT2D eigenvalue weighted by Crippen LogP contribution is 2.34. The molecular weight excluding hydrogens is 416 g/mol. The second-order valence-electron chi connectivity index (χ2n) is 7.98. The molecule has 160 valence electrons. The fourth-order valence-electron chi connectivity index (χ4n) is 3.41. The number of benzene rings is 2. The lowest BCUT2D eigenvalue weighted by Crippen LogP contribution is -2.32. The third kappa shape index (κ3) is 4.35. The maximum absolute atomic E-state index is 13.4. The Labute approximate surface area is 180 Å². The highest BCUT2D eigenvalue weighted by molar-refractivity contribution is 7.89. The summed E-state index contributed by atoms with van der Waals surface area (Å²) in [5.41, 5.74) is 2.01. The molecule has 1 amide bonds. The zero-order valence-electron chi connectivity index (χ0n) is 16.8. The zero-order valence-corrected chi connectivity index (χ0v) is 17.6. The van der Waals surface area contributed by atoms with Gasteiger partial charge < -0.3 is 5.32 Å². The van der Waals surface area contributed by atoms with E-state index < -0.39 is 10.0 Å². The monoisotopic (exact) mass is 438 g/mol. The van der Waals surface area contributed by atoms with Crippen LogP contribution in [-0.4, -0.2) is 50.9 Å². The topological polar surface area (TPSA) is 110 Å². The van der Waals surface area contributed by atoms with Crippen LogP contribution in [0.5, 0.6) is 0 Å². The van der Waals surface area contributed by atoms with Crippen molar-refractivity contribution >= 4 is 15.9 Å². The van der Waals surface area contributed by atoms with E-state index in [1.807, 2.05) is 12.1 Å². The van der Waals surface area contributed by atoms with Gasteiger partial charge in [-0.1, -0.05) is 18.2 Å². The van der Waals surface area contributed by atoms with E-state index in [4.69, 9.17) is 0 Å². The van der Waals surface area contributed by atoms with Crippen molar-refractivity contribution in [2.45, 2.75) is 49.2 Å². The number of nitrogens with zero attached hydrogens (tertiary/aromatic N) is 5. The third-order valence-electron chi connectivity index (χ3n) is 5.46. The van der Waals surface area contributed by atoms with Gasteiger partial charge in [-0.25, -0.2) is 13.1 Å². The molecule has 0 spiro atoms. The average Bonchev–Trinajstić information content (AvgIpc) is 3.72. The molecule has 2 fully saturated rings. The molecule has 10 heteroatoms. The first-order valence-electron chi connectivity index (χ1n) is 10.3. The summed E-state index contributed by atoms with van der Waals surface area (Å²) in [5, 5.41) is 14.0. The van der Waals surface area contributed by atoms with Crippen LogP contribution in [0.4, 0.5) is 0 Å². The maximum Gasteiger partial charge on any atom is 0.251 e. The molecule has 2 aliphatic carbocycles. The van der Waals surface area contributed by atoms with E-state index in [2.05, 4.69) is 20.8 Å². The molecule has 0 aliphatic heterocycles. The highest BCUT2D eigenvalue weighted by Gasteiger charge is 2.38. The molecule has 0 saturated heterocycles. The van der Waals surface area contributed by atoms with Gasteiger partial charge in [0.05, 0.1) is 10.6 Å². The Balaban J connectivity index is 1.37. The van der Waals surface area contributed by atoms with Crippen molar-refractivity contribution in [2.24, 2.45) is 0 Å². The van der Waals surface area contributed by atoms with Crippen molar-refractivity contribution < 1.29 is 13.2 Å². The third-order valence-corrected chi connectivity index (χ3v) is 7.35. The van der Waals surface area contributed by atoms with Crippen molar-refractivity contribution in [1.29, 1.82) is 0 Å². The van der Waals surface area contributed by atoms with Gasteiger partial charge in [0.1, 0.15) is 6.33 Å². The molecule has 0 bridgehead atoms. The minimum atomic E-state index is -3.71. The first-order valence-corrected chi connectivity index (χ1v) is 11.7. The van der Waals surface area contributed by atoms with Crippen molar-refractivity contribution in [3.8, 4) is 5.69 Å². The minimum absolute atomic E-state index is 0.0143.